The van der Waals surface area contributed by atoms with E-state index in [0.29, 0.717) is 18.6 Å². The maximum Gasteiger partial charge on any atom is 0.222 e. The van der Waals surface area contributed by atoms with Crippen molar-refractivity contribution in [1.82, 2.24) is 10.2 Å². The fourth-order valence-corrected chi connectivity index (χ4v) is 4.14. The largest absolute Gasteiger partial charge is 0.376 e. The van der Waals surface area contributed by atoms with E-state index >= 15 is 0 Å². The Kier molecular flexibility index (Phi) is 3.32. The highest BCUT2D eigenvalue weighted by Gasteiger charge is 2.56. The SMILES string of the molecule is CN(C)C(=O)CCCOC1C2CC3CNC1C3C2. The Morgan fingerprint density at radius 3 is 2.94 bits per heavy atom. The van der Waals surface area contributed by atoms with Crippen LogP contribution in [0.2, 0.25) is 0 Å². The Labute approximate surface area is 109 Å². The van der Waals surface area contributed by atoms with E-state index in [1.807, 2.05) is 14.1 Å². The molecule has 3 rings (SSSR count). The molecule has 5 unspecified atom stereocenters. The molecule has 0 aromatic rings. The molecule has 102 valence electrons. The average molecular weight is 252 g/mol. The molecular weight excluding hydrogens is 228 g/mol. The molecule has 2 saturated carbocycles. The third kappa shape index (κ3) is 2.05. The van der Waals surface area contributed by atoms with Gasteiger partial charge in [0.15, 0.2) is 0 Å². The van der Waals surface area contributed by atoms with Crippen molar-refractivity contribution in [3.63, 3.8) is 0 Å². The van der Waals surface area contributed by atoms with Gasteiger partial charge in [-0.05, 0) is 43.6 Å². The third-order valence-electron chi connectivity index (χ3n) is 5.03. The van der Waals surface area contributed by atoms with Crippen LogP contribution in [0.25, 0.3) is 0 Å². The van der Waals surface area contributed by atoms with E-state index in [2.05, 4.69) is 5.32 Å². The molecular formula is C14H24N2O2. The minimum Gasteiger partial charge on any atom is -0.376 e. The van der Waals surface area contributed by atoms with Crippen LogP contribution in [-0.4, -0.2) is 50.2 Å². The van der Waals surface area contributed by atoms with Gasteiger partial charge in [-0.3, -0.25) is 4.79 Å². The van der Waals surface area contributed by atoms with Crippen molar-refractivity contribution in [2.75, 3.05) is 27.2 Å². The quantitative estimate of drug-likeness (QED) is 0.738. The number of carbonyl (C=O) groups excluding carboxylic acids is 1. The number of ether oxygens (including phenoxy) is 1. The lowest BCUT2D eigenvalue weighted by atomic mass is 9.88. The summed E-state index contributed by atoms with van der Waals surface area (Å²) in [6.07, 6.45) is 4.59. The Balaban J connectivity index is 1.41. The number of nitrogens with zero attached hydrogens (tertiary/aromatic N) is 1. The van der Waals surface area contributed by atoms with E-state index in [1.165, 1.54) is 19.4 Å². The zero-order valence-corrected chi connectivity index (χ0v) is 11.4. The fourth-order valence-electron chi connectivity index (χ4n) is 4.14. The molecule has 18 heavy (non-hydrogen) atoms. The molecule has 1 amide bonds. The van der Waals surface area contributed by atoms with Crippen LogP contribution < -0.4 is 5.32 Å². The normalized spacial score (nSPS) is 40.4. The maximum absolute atomic E-state index is 11.5. The highest BCUT2D eigenvalue weighted by molar-refractivity contribution is 5.75. The lowest BCUT2D eigenvalue weighted by molar-refractivity contribution is -0.129. The lowest BCUT2D eigenvalue weighted by Gasteiger charge is -2.27. The molecule has 1 saturated heterocycles. The van der Waals surface area contributed by atoms with Gasteiger partial charge in [0.05, 0.1) is 6.10 Å². The van der Waals surface area contributed by atoms with E-state index in [9.17, 15) is 4.79 Å². The summed E-state index contributed by atoms with van der Waals surface area (Å²) < 4.78 is 6.06. The molecule has 0 spiro atoms. The summed E-state index contributed by atoms with van der Waals surface area (Å²) in [7, 11) is 3.61. The van der Waals surface area contributed by atoms with Crippen LogP contribution >= 0.6 is 0 Å². The van der Waals surface area contributed by atoms with Gasteiger partial charge in [-0.1, -0.05) is 0 Å². The predicted molar refractivity (Wildman–Crippen MR) is 69.2 cm³/mol. The van der Waals surface area contributed by atoms with Crippen molar-refractivity contribution in [2.24, 2.45) is 17.8 Å². The van der Waals surface area contributed by atoms with Gasteiger partial charge in [-0.15, -0.1) is 0 Å². The molecule has 0 aromatic heterocycles. The highest BCUT2D eigenvalue weighted by atomic mass is 16.5. The number of rotatable bonds is 5. The first-order chi connectivity index (χ1) is 8.66. The number of hydrogen-bond acceptors (Lipinski definition) is 3. The third-order valence-corrected chi connectivity index (χ3v) is 5.03. The van der Waals surface area contributed by atoms with E-state index in [-0.39, 0.29) is 5.91 Å². The van der Waals surface area contributed by atoms with Gasteiger partial charge >= 0.3 is 0 Å². The van der Waals surface area contributed by atoms with Crippen molar-refractivity contribution in [3.05, 3.63) is 0 Å². The minimum absolute atomic E-state index is 0.200. The molecule has 4 nitrogen and oxygen atoms in total. The van der Waals surface area contributed by atoms with Gasteiger partial charge in [-0.25, -0.2) is 0 Å². The number of carbonyl (C=O) groups is 1. The van der Waals surface area contributed by atoms with Crippen molar-refractivity contribution in [3.8, 4) is 0 Å². The smallest absolute Gasteiger partial charge is 0.222 e. The fraction of sp³-hybridized carbons (Fsp3) is 0.929. The predicted octanol–water partition coefficient (Wildman–Crippen LogP) is 0.868. The Morgan fingerprint density at radius 1 is 1.33 bits per heavy atom. The van der Waals surface area contributed by atoms with Crippen molar-refractivity contribution >= 4 is 5.91 Å². The monoisotopic (exact) mass is 252 g/mol. The summed E-state index contributed by atoms with van der Waals surface area (Å²) in [5.74, 6) is 2.79. The molecule has 1 aliphatic heterocycles. The van der Waals surface area contributed by atoms with Gasteiger partial charge in [0.2, 0.25) is 5.91 Å². The van der Waals surface area contributed by atoms with Crippen LogP contribution in [0.5, 0.6) is 0 Å². The first kappa shape index (κ1) is 12.4. The van der Waals surface area contributed by atoms with Crippen LogP contribution in [0.15, 0.2) is 0 Å². The van der Waals surface area contributed by atoms with Crippen molar-refractivity contribution in [1.29, 1.82) is 0 Å². The molecule has 4 heteroatoms. The zero-order valence-electron chi connectivity index (χ0n) is 11.4. The summed E-state index contributed by atoms with van der Waals surface area (Å²) in [6, 6.07) is 0.610. The van der Waals surface area contributed by atoms with Crippen LogP contribution in [0, 0.1) is 17.8 Å². The summed E-state index contributed by atoms with van der Waals surface area (Å²) in [5.41, 5.74) is 0. The molecule has 5 atom stereocenters. The van der Waals surface area contributed by atoms with Crippen LogP contribution in [-0.2, 0) is 9.53 Å². The number of hydrogen-bond donors (Lipinski definition) is 1. The first-order valence-corrected chi connectivity index (χ1v) is 7.22. The topological polar surface area (TPSA) is 41.6 Å². The van der Waals surface area contributed by atoms with E-state index in [0.717, 1.165) is 30.8 Å². The average Bonchev–Trinajstić information content (AvgIpc) is 2.93. The van der Waals surface area contributed by atoms with Crippen LogP contribution in [0.1, 0.15) is 25.7 Å². The van der Waals surface area contributed by atoms with Gasteiger partial charge in [0, 0.05) is 33.2 Å². The Morgan fingerprint density at radius 2 is 2.17 bits per heavy atom. The van der Waals surface area contributed by atoms with Gasteiger partial charge < -0.3 is 15.0 Å². The molecule has 1 heterocycles. The minimum atomic E-state index is 0.200. The van der Waals surface area contributed by atoms with Gasteiger partial charge in [0.25, 0.3) is 0 Å². The molecule has 3 aliphatic rings. The number of nitrogens with one attached hydrogen (secondary N) is 1. The highest BCUT2D eigenvalue weighted by Crippen LogP contribution is 2.52. The number of amides is 1. The van der Waals surface area contributed by atoms with E-state index in [4.69, 9.17) is 4.74 Å². The van der Waals surface area contributed by atoms with E-state index < -0.39 is 0 Å². The second-order valence-corrected chi connectivity index (χ2v) is 6.32. The van der Waals surface area contributed by atoms with Crippen LogP contribution in [0.3, 0.4) is 0 Å². The van der Waals surface area contributed by atoms with Crippen molar-refractivity contribution < 1.29 is 9.53 Å². The molecule has 2 aliphatic carbocycles. The number of fused-ring (bicyclic) bond motifs is 1. The Hall–Kier alpha value is -0.610. The summed E-state index contributed by atoms with van der Waals surface area (Å²) in [4.78, 5) is 13.1. The Bertz CT molecular complexity index is 330. The lowest BCUT2D eigenvalue weighted by Crippen LogP contribution is -2.39. The maximum atomic E-state index is 11.5. The summed E-state index contributed by atoms with van der Waals surface area (Å²) in [6.45, 7) is 1.93. The van der Waals surface area contributed by atoms with E-state index in [1.54, 1.807) is 4.90 Å². The molecule has 1 N–H and O–H groups in total. The summed E-state index contributed by atoms with van der Waals surface area (Å²) in [5, 5.41) is 3.63. The second-order valence-electron chi connectivity index (χ2n) is 6.32. The first-order valence-electron chi connectivity index (χ1n) is 7.22. The zero-order chi connectivity index (χ0) is 12.7. The summed E-state index contributed by atoms with van der Waals surface area (Å²) >= 11 is 0. The van der Waals surface area contributed by atoms with Crippen molar-refractivity contribution in [2.45, 2.75) is 37.8 Å². The molecule has 2 bridgehead atoms. The molecule has 0 aromatic carbocycles. The second kappa shape index (κ2) is 4.82. The molecule has 3 fully saturated rings. The van der Waals surface area contributed by atoms with Crippen LogP contribution in [0.4, 0.5) is 0 Å². The van der Waals surface area contributed by atoms with Gasteiger partial charge in [-0.2, -0.15) is 0 Å². The van der Waals surface area contributed by atoms with Gasteiger partial charge in [0.1, 0.15) is 0 Å². The standard InChI is InChI=1S/C14H24N2O2/c1-16(2)12(17)4-3-5-18-14-9-6-10-8-15-13(14)11(10)7-9/h9-11,13-15H,3-8H2,1-2H3. The molecule has 0 radical (unpaired) electrons.